The van der Waals surface area contributed by atoms with Gasteiger partial charge in [0.15, 0.2) is 0 Å². The third-order valence-electron chi connectivity index (χ3n) is 5.94. The van der Waals surface area contributed by atoms with Crippen molar-refractivity contribution in [2.45, 2.75) is 49.9 Å². The second-order valence-electron chi connectivity index (χ2n) is 8.59. The summed E-state index contributed by atoms with van der Waals surface area (Å²) in [6.45, 7) is -0.222. The van der Waals surface area contributed by atoms with E-state index in [1.54, 1.807) is 6.20 Å². The minimum absolute atomic E-state index is 0.0770. The van der Waals surface area contributed by atoms with Crippen molar-refractivity contribution in [2.24, 2.45) is 5.73 Å². The maximum atomic E-state index is 13.3. The monoisotopic (exact) mass is 502 g/mol. The van der Waals surface area contributed by atoms with Gasteiger partial charge in [-0.3, -0.25) is 19.2 Å². The molecule has 4 amide bonds. The molecule has 2 heterocycles. The second kappa shape index (κ2) is 12.1. The van der Waals surface area contributed by atoms with Crippen LogP contribution in [0.4, 0.5) is 0 Å². The fourth-order valence-electron chi connectivity index (χ4n) is 4.05. The molecule has 9 N–H and O–H groups in total. The molecule has 2 aromatic rings. The second-order valence-corrected chi connectivity index (χ2v) is 8.59. The van der Waals surface area contributed by atoms with Crippen LogP contribution in [-0.2, 0) is 30.4 Å². The molecule has 0 bridgehead atoms. The first-order valence-electron chi connectivity index (χ1n) is 11.5. The predicted octanol–water partition coefficient (Wildman–Crippen LogP) is -2.13. The maximum absolute atomic E-state index is 13.3. The molecule has 194 valence electrons. The summed E-state index contributed by atoms with van der Waals surface area (Å²) in [5.74, 6) is -4.57. The van der Waals surface area contributed by atoms with Crippen LogP contribution < -0.4 is 27.0 Å². The van der Waals surface area contributed by atoms with Gasteiger partial charge in [0.2, 0.25) is 23.6 Å². The van der Waals surface area contributed by atoms with E-state index in [0.29, 0.717) is 13.0 Å². The van der Waals surface area contributed by atoms with Crippen molar-refractivity contribution in [1.29, 1.82) is 0 Å². The summed E-state index contributed by atoms with van der Waals surface area (Å²) in [7, 11) is 0. The van der Waals surface area contributed by atoms with Crippen LogP contribution in [0, 0.1) is 0 Å². The van der Waals surface area contributed by atoms with Gasteiger partial charge in [-0.1, -0.05) is 18.2 Å². The summed E-state index contributed by atoms with van der Waals surface area (Å²) in [5.41, 5.74) is 6.80. The average molecular weight is 503 g/mol. The molecular weight excluding hydrogens is 472 g/mol. The standard InChI is InChI=1S/C23H30N6O7/c24-19(31)9-17(22(34)29-18(11-30)23(35)36)28-21(33)16(27-20(32)15-6-3-7-25-15)8-12-10-26-14-5-2-1-4-13(12)14/h1-2,4-5,10,15-18,25-26,30H,3,6-9,11H2,(H2,24,31)(H,27,32)(H,28,33)(H,29,34)(H,35,36). The number of nitrogens with two attached hydrogens (primary N) is 1. The van der Waals surface area contributed by atoms with Crippen LogP contribution in [-0.4, -0.2) is 82.1 Å². The summed E-state index contributed by atoms with van der Waals surface area (Å²) in [5, 5.41) is 29.3. The fraction of sp³-hybridized carbons (Fsp3) is 0.435. The van der Waals surface area contributed by atoms with E-state index in [1.165, 1.54) is 0 Å². The number of fused-ring (bicyclic) bond motifs is 1. The van der Waals surface area contributed by atoms with E-state index in [0.717, 1.165) is 22.9 Å². The van der Waals surface area contributed by atoms with Crippen molar-refractivity contribution in [2.75, 3.05) is 13.2 Å². The first-order chi connectivity index (χ1) is 17.2. The Kier molecular flexibility index (Phi) is 8.97. The molecule has 1 aliphatic rings. The van der Waals surface area contributed by atoms with Gasteiger partial charge in [0.25, 0.3) is 0 Å². The van der Waals surface area contributed by atoms with Crippen LogP contribution in [0.15, 0.2) is 30.5 Å². The highest BCUT2D eigenvalue weighted by Gasteiger charge is 2.32. The number of hydrogen-bond acceptors (Lipinski definition) is 7. The van der Waals surface area contributed by atoms with Crippen molar-refractivity contribution >= 4 is 40.5 Å². The maximum Gasteiger partial charge on any atom is 0.328 e. The van der Waals surface area contributed by atoms with Crippen LogP contribution in [0.2, 0.25) is 0 Å². The number of carboxylic acid groups (broad SMARTS) is 1. The van der Waals surface area contributed by atoms with Crippen LogP contribution in [0.5, 0.6) is 0 Å². The van der Waals surface area contributed by atoms with Crippen molar-refractivity contribution in [1.82, 2.24) is 26.3 Å². The van der Waals surface area contributed by atoms with E-state index in [2.05, 4.69) is 26.3 Å². The highest BCUT2D eigenvalue weighted by atomic mass is 16.4. The molecule has 13 nitrogen and oxygen atoms in total. The lowest BCUT2D eigenvalue weighted by Gasteiger charge is -2.24. The van der Waals surface area contributed by atoms with Crippen LogP contribution in [0.25, 0.3) is 10.9 Å². The third kappa shape index (κ3) is 6.79. The molecule has 1 saturated heterocycles. The first kappa shape index (κ1) is 26.6. The Bertz CT molecular complexity index is 1130. The van der Waals surface area contributed by atoms with Gasteiger partial charge in [0.1, 0.15) is 18.1 Å². The Morgan fingerprint density at radius 1 is 1.03 bits per heavy atom. The predicted molar refractivity (Wildman–Crippen MR) is 127 cm³/mol. The average Bonchev–Trinajstić information content (AvgIpc) is 3.51. The van der Waals surface area contributed by atoms with Gasteiger partial charge in [0, 0.05) is 23.5 Å². The number of nitrogens with one attached hydrogen (secondary N) is 5. The molecular formula is C23H30N6O7. The number of aromatic nitrogens is 1. The topological polar surface area (TPSA) is 216 Å². The number of hydrogen-bond donors (Lipinski definition) is 8. The molecule has 13 heteroatoms. The number of carbonyl (C=O) groups excluding carboxylic acids is 4. The summed E-state index contributed by atoms with van der Waals surface area (Å²) >= 11 is 0. The first-order valence-corrected chi connectivity index (χ1v) is 11.5. The lowest BCUT2D eigenvalue weighted by atomic mass is 10.0. The lowest BCUT2D eigenvalue weighted by molar-refractivity contribution is -0.143. The number of primary amides is 1. The summed E-state index contributed by atoms with van der Waals surface area (Å²) in [6.07, 6.45) is 2.60. The number of H-pyrrole nitrogens is 1. The van der Waals surface area contributed by atoms with Crippen molar-refractivity contribution < 1.29 is 34.2 Å². The van der Waals surface area contributed by atoms with Gasteiger partial charge >= 0.3 is 5.97 Å². The van der Waals surface area contributed by atoms with E-state index in [9.17, 15) is 29.1 Å². The van der Waals surface area contributed by atoms with E-state index >= 15 is 0 Å². The quantitative estimate of drug-likeness (QED) is 0.160. The Labute approximate surface area is 206 Å². The van der Waals surface area contributed by atoms with Gasteiger partial charge < -0.3 is 42.2 Å². The lowest BCUT2D eigenvalue weighted by Crippen LogP contribution is -2.58. The number of aliphatic hydroxyl groups excluding tert-OH is 1. The van der Waals surface area contributed by atoms with Crippen molar-refractivity contribution in [3.63, 3.8) is 0 Å². The minimum Gasteiger partial charge on any atom is -0.480 e. The van der Waals surface area contributed by atoms with Gasteiger partial charge in [-0.05, 0) is 31.0 Å². The zero-order valence-electron chi connectivity index (χ0n) is 19.5. The molecule has 3 rings (SSSR count). The number of aliphatic hydroxyl groups is 1. The summed E-state index contributed by atoms with van der Waals surface area (Å²) < 4.78 is 0. The zero-order chi connectivity index (χ0) is 26.2. The number of aliphatic carboxylic acids is 1. The Hall–Kier alpha value is -3.97. The summed E-state index contributed by atoms with van der Waals surface area (Å²) in [4.78, 5) is 64.5. The van der Waals surface area contributed by atoms with Gasteiger partial charge in [0.05, 0.1) is 19.1 Å². The molecule has 1 fully saturated rings. The number of amides is 4. The van der Waals surface area contributed by atoms with Crippen LogP contribution in [0.1, 0.15) is 24.8 Å². The van der Waals surface area contributed by atoms with Gasteiger partial charge in [-0.25, -0.2) is 4.79 Å². The van der Waals surface area contributed by atoms with E-state index < -0.39 is 60.9 Å². The number of rotatable bonds is 12. The molecule has 4 atom stereocenters. The molecule has 1 aliphatic heterocycles. The van der Waals surface area contributed by atoms with Crippen LogP contribution >= 0.6 is 0 Å². The largest absolute Gasteiger partial charge is 0.480 e. The Balaban J connectivity index is 1.81. The minimum atomic E-state index is -1.64. The van der Waals surface area contributed by atoms with Gasteiger partial charge in [-0.2, -0.15) is 0 Å². The molecule has 0 saturated carbocycles. The number of benzene rings is 1. The molecule has 36 heavy (non-hydrogen) atoms. The number of aromatic amines is 1. The van der Waals surface area contributed by atoms with E-state index in [-0.39, 0.29) is 12.3 Å². The highest BCUT2D eigenvalue weighted by Crippen LogP contribution is 2.19. The normalized spacial score (nSPS) is 17.6. The number of carbonyl (C=O) groups is 5. The van der Waals surface area contributed by atoms with E-state index in [4.69, 9.17) is 10.8 Å². The number of carboxylic acids is 1. The highest BCUT2D eigenvalue weighted by molar-refractivity contribution is 5.96. The zero-order valence-corrected chi connectivity index (χ0v) is 19.5. The molecule has 0 aliphatic carbocycles. The molecule has 0 spiro atoms. The molecule has 1 aromatic carbocycles. The van der Waals surface area contributed by atoms with Gasteiger partial charge in [-0.15, -0.1) is 0 Å². The fourth-order valence-corrected chi connectivity index (χ4v) is 4.05. The SMILES string of the molecule is NC(=O)CC(NC(=O)C(Cc1c[nH]c2ccccc12)NC(=O)C1CCCN1)C(=O)NC(CO)C(=O)O. The Morgan fingerprint density at radius 3 is 2.36 bits per heavy atom. The van der Waals surface area contributed by atoms with Crippen molar-refractivity contribution in [3.8, 4) is 0 Å². The molecule has 1 aromatic heterocycles. The van der Waals surface area contributed by atoms with E-state index in [1.807, 2.05) is 24.3 Å². The Morgan fingerprint density at radius 2 is 1.72 bits per heavy atom. The van der Waals surface area contributed by atoms with Crippen LogP contribution in [0.3, 0.4) is 0 Å². The molecule has 0 radical (unpaired) electrons. The summed E-state index contributed by atoms with van der Waals surface area (Å²) in [6, 6.07) is 2.68. The smallest absolute Gasteiger partial charge is 0.328 e. The van der Waals surface area contributed by atoms with Crippen molar-refractivity contribution in [3.05, 3.63) is 36.0 Å². The third-order valence-corrected chi connectivity index (χ3v) is 5.94. The number of para-hydroxylation sites is 1. The molecule has 4 unspecified atom stereocenters.